The van der Waals surface area contributed by atoms with Crippen LogP contribution in [0.2, 0.25) is 0 Å². The highest BCUT2D eigenvalue weighted by Gasteiger charge is 2.31. The first-order valence-electron chi connectivity index (χ1n) is 8.42. The summed E-state index contributed by atoms with van der Waals surface area (Å²) in [5, 5.41) is 0. The second-order valence-electron chi connectivity index (χ2n) is 6.28. The number of ether oxygens (including phenoxy) is 1. The first kappa shape index (κ1) is 18.2. The van der Waals surface area contributed by atoms with Gasteiger partial charge in [-0.3, -0.25) is 9.78 Å². The average Bonchev–Trinajstić information content (AvgIpc) is 2.62. The molecule has 0 spiro atoms. The zero-order chi connectivity index (χ0) is 18.6. The van der Waals surface area contributed by atoms with Crippen LogP contribution in [0.4, 0.5) is 13.2 Å². The molecule has 3 rings (SSSR count). The van der Waals surface area contributed by atoms with Crippen molar-refractivity contribution >= 4 is 5.91 Å². The molecule has 0 aliphatic carbocycles. The fraction of sp³-hybridized carbons (Fsp3) is 0.368. The topological polar surface area (TPSA) is 42.4 Å². The number of rotatable bonds is 4. The number of aromatic nitrogens is 1. The number of carbonyl (C=O) groups excluding carboxylic acids is 1. The van der Waals surface area contributed by atoms with Gasteiger partial charge in [-0.15, -0.1) is 0 Å². The minimum Gasteiger partial charge on any atom is -0.488 e. The Bertz CT molecular complexity index is 750. The van der Waals surface area contributed by atoms with E-state index in [1.165, 1.54) is 6.07 Å². The number of pyridine rings is 1. The van der Waals surface area contributed by atoms with Crippen molar-refractivity contribution in [3.63, 3.8) is 0 Å². The number of benzene rings is 1. The van der Waals surface area contributed by atoms with Crippen LogP contribution in [0.25, 0.3) is 0 Å². The lowest BCUT2D eigenvalue weighted by Crippen LogP contribution is -2.45. The Morgan fingerprint density at radius 3 is 2.73 bits per heavy atom. The lowest BCUT2D eigenvalue weighted by Gasteiger charge is -2.33. The molecule has 0 N–H and O–H groups in total. The van der Waals surface area contributed by atoms with Crippen LogP contribution in [0.5, 0.6) is 5.75 Å². The Labute approximate surface area is 149 Å². The molecule has 7 heteroatoms. The van der Waals surface area contributed by atoms with Gasteiger partial charge in [-0.2, -0.15) is 13.2 Å². The van der Waals surface area contributed by atoms with E-state index in [-0.39, 0.29) is 18.4 Å². The van der Waals surface area contributed by atoms with Crippen molar-refractivity contribution in [3.8, 4) is 5.75 Å². The number of amides is 1. The molecular weight excluding hydrogens is 345 g/mol. The largest absolute Gasteiger partial charge is 0.488 e. The van der Waals surface area contributed by atoms with Gasteiger partial charge < -0.3 is 9.64 Å². The van der Waals surface area contributed by atoms with Crippen molar-refractivity contribution in [2.45, 2.75) is 31.5 Å². The zero-order valence-corrected chi connectivity index (χ0v) is 14.1. The number of halogens is 3. The van der Waals surface area contributed by atoms with Crippen molar-refractivity contribution in [2.75, 3.05) is 13.1 Å². The summed E-state index contributed by atoms with van der Waals surface area (Å²) in [6, 6.07) is 8.42. The Hall–Kier alpha value is -2.57. The maximum Gasteiger partial charge on any atom is 0.416 e. The molecule has 4 nitrogen and oxygen atoms in total. The van der Waals surface area contributed by atoms with E-state index in [2.05, 4.69) is 4.98 Å². The van der Waals surface area contributed by atoms with Crippen molar-refractivity contribution < 1.29 is 22.7 Å². The van der Waals surface area contributed by atoms with Crippen LogP contribution in [0, 0.1) is 0 Å². The second-order valence-corrected chi connectivity index (χ2v) is 6.28. The fourth-order valence-corrected chi connectivity index (χ4v) is 3.01. The van der Waals surface area contributed by atoms with E-state index >= 15 is 0 Å². The van der Waals surface area contributed by atoms with E-state index in [4.69, 9.17) is 4.74 Å². The van der Waals surface area contributed by atoms with E-state index in [1.807, 2.05) is 0 Å². The molecule has 1 aromatic heterocycles. The van der Waals surface area contributed by atoms with E-state index in [0.29, 0.717) is 24.4 Å². The smallest absolute Gasteiger partial charge is 0.416 e. The average molecular weight is 364 g/mol. The highest BCUT2D eigenvalue weighted by molar-refractivity contribution is 5.79. The number of hydrogen-bond donors (Lipinski definition) is 0. The minimum atomic E-state index is -4.41. The predicted octanol–water partition coefficient (Wildman–Crippen LogP) is 3.71. The molecule has 2 heterocycles. The normalized spacial score (nSPS) is 17.8. The van der Waals surface area contributed by atoms with Gasteiger partial charge in [0, 0.05) is 18.9 Å². The van der Waals surface area contributed by atoms with Gasteiger partial charge in [0.1, 0.15) is 11.9 Å². The molecule has 1 aromatic carbocycles. The molecule has 1 saturated heterocycles. The van der Waals surface area contributed by atoms with Crippen molar-refractivity contribution in [2.24, 2.45) is 0 Å². The number of hydrogen-bond acceptors (Lipinski definition) is 3. The van der Waals surface area contributed by atoms with Crippen molar-refractivity contribution in [3.05, 3.63) is 59.9 Å². The summed E-state index contributed by atoms with van der Waals surface area (Å²) < 4.78 is 44.3. The Morgan fingerprint density at radius 2 is 2.00 bits per heavy atom. The molecule has 1 amide bonds. The molecule has 26 heavy (non-hydrogen) atoms. The SMILES string of the molecule is O=C(Cc1cccc(C(F)(F)F)c1)N1CCCC(Oc2ccncc2)C1. The molecule has 1 unspecified atom stereocenters. The molecular formula is C19H19F3N2O2. The number of piperidine rings is 1. The Balaban J connectivity index is 1.61. The number of alkyl halides is 3. The molecule has 1 aliphatic rings. The first-order chi connectivity index (χ1) is 12.4. The first-order valence-corrected chi connectivity index (χ1v) is 8.42. The van der Waals surface area contributed by atoms with Gasteiger partial charge in [0.25, 0.3) is 0 Å². The summed E-state index contributed by atoms with van der Waals surface area (Å²) in [6.07, 6.45) is 0.305. The van der Waals surface area contributed by atoms with Crippen LogP contribution in [-0.2, 0) is 17.4 Å². The van der Waals surface area contributed by atoms with Gasteiger partial charge in [-0.05, 0) is 36.6 Å². The van der Waals surface area contributed by atoms with Crippen molar-refractivity contribution in [1.82, 2.24) is 9.88 Å². The van der Waals surface area contributed by atoms with Crippen LogP contribution < -0.4 is 4.74 Å². The van der Waals surface area contributed by atoms with Gasteiger partial charge in [0.15, 0.2) is 0 Å². The minimum absolute atomic E-state index is 0.0497. The predicted molar refractivity (Wildman–Crippen MR) is 89.6 cm³/mol. The molecule has 0 bridgehead atoms. The number of likely N-dealkylation sites (tertiary alicyclic amines) is 1. The number of carbonyl (C=O) groups is 1. The maximum atomic E-state index is 12.8. The van der Waals surface area contributed by atoms with Gasteiger partial charge in [-0.25, -0.2) is 0 Å². The van der Waals surface area contributed by atoms with Crippen LogP contribution in [0.1, 0.15) is 24.0 Å². The summed E-state index contributed by atoms with van der Waals surface area (Å²) in [5.41, 5.74) is -0.373. The summed E-state index contributed by atoms with van der Waals surface area (Å²) in [5.74, 6) is 0.504. The zero-order valence-electron chi connectivity index (χ0n) is 14.1. The molecule has 138 valence electrons. The maximum absolute atomic E-state index is 12.8. The number of nitrogens with zero attached hydrogens (tertiary/aromatic N) is 2. The van der Waals surface area contributed by atoms with E-state index in [0.717, 1.165) is 25.0 Å². The lowest BCUT2D eigenvalue weighted by molar-refractivity contribution is -0.138. The summed E-state index contributed by atoms with van der Waals surface area (Å²) in [4.78, 5) is 18.1. The molecule has 0 radical (unpaired) electrons. The van der Waals surface area contributed by atoms with Crippen LogP contribution in [0.15, 0.2) is 48.8 Å². The third kappa shape index (κ3) is 4.74. The second kappa shape index (κ2) is 7.76. The molecule has 0 saturated carbocycles. The Kier molecular flexibility index (Phi) is 5.44. The molecule has 1 aliphatic heterocycles. The Morgan fingerprint density at radius 1 is 1.23 bits per heavy atom. The van der Waals surface area contributed by atoms with Gasteiger partial charge in [0.2, 0.25) is 5.91 Å². The standard InChI is InChI=1S/C19H19F3N2O2/c20-19(21,22)15-4-1-3-14(11-15)12-18(25)24-10-2-5-17(13-24)26-16-6-8-23-9-7-16/h1,3-4,6-9,11,17H,2,5,10,12-13H2. The van der Waals surface area contributed by atoms with Gasteiger partial charge >= 0.3 is 6.18 Å². The quantitative estimate of drug-likeness (QED) is 0.831. The molecule has 2 aromatic rings. The summed E-state index contributed by atoms with van der Waals surface area (Å²) in [6.45, 7) is 1.02. The van der Waals surface area contributed by atoms with Crippen LogP contribution in [0.3, 0.4) is 0 Å². The van der Waals surface area contributed by atoms with Crippen LogP contribution >= 0.6 is 0 Å². The van der Waals surface area contributed by atoms with Crippen LogP contribution in [-0.4, -0.2) is 35.0 Å². The fourth-order valence-electron chi connectivity index (χ4n) is 3.01. The van der Waals surface area contributed by atoms with E-state index in [9.17, 15) is 18.0 Å². The highest BCUT2D eigenvalue weighted by Crippen LogP contribution is 2.29. The van der Waals surface area contributed by atoms with Crippen molar-refractivity contribution in [1.29, 1.82) is 0 Å². The third-order valence-electron chi connectivity index (χ3n) is 4.29. The summed E-state index contributed by atoms with van der Waals surface area (Å²) >= 11 is 0. The van der Waals surface area contributed by atoms with Gasteiger partial charge in [0.05, 0.1) is 18.5 Å². The highest BCUT2D eigenvalue weighted by atomic mass is 19.4. The van der Waals surface area contributed by atoms with Gasteiger partial charge in [-0.1, -0.05) is 18.2 Å². The summed E-state index contributed by atoms with van der Waals surface area (Å²) in [7, 11) is 0. The molecule has 1 atom stereocenters. The van der Waals surface area contributed by atoms with E-state index in [1.54, 1.807) is 35.5 Å². The monoisotopic (exact) mass is 364 g/mol. The lowest BCUT2D eigenvalue weighted by atomic mass is 10.0. The third-order valence-corrected chi connectivity index (χ3v) is 4.29. The van der Waals surface area contributed by atoms with E-state index < -0.39 is 11.7 Å². The molecule has 1 fully saturated rings.